The van der Waals surface area contributed by atoms with Crippen LogP contribution in [0.15, 0.2) is 0 Å². The predicted molar refractivity (Wildman–Crippen MR) is 88.9 cm³/mol. The fourth-order valence-corrected chi connectivity index (χ4v) is 2.91. The highest BCUT2D eigenvalue weighted by Crippen LogP contribution is 2.25. The normalized spacial score (nSPS) is 23.3. The summed E-state index contributed by atoms with van der Waals surface area (Å²) in [4.78, 5) is 11.7. The molecule has 3 unspecified atom stereocenters. The fourth-order valence-electron chi connectivity index (χ4n) is 2.91. The van der Waals surface area contributed by atoms with Crippen molar-refractivity contribution in [2.75, 3.05) is 19.7 Å². The molecular formula is C17H34N2O3. The average molecular weight is 314 g/mol. The molecule has 0 aromatic heterocycles. The smallest absolute Gasteiger partial charge is 0.407 e. The van der Waals surface area contributed by atoms with E-state index < -0.39 is 5.60 Å². The number of aliphatic hydroxyl groups excluding tert-OH is 1. The first kappa shape index (κ1) is 19.2. The standard InChI is InChI=1S/C17H34N2O3/c1-13(12-20)7-6-10-18-15-9-5-8-14(15)11-19-16(21)22-17(2,3)4/h13-15,18,20H,5-12H2,1-4H3,(H,19,21). The highest BCUT2D eigenvalue weighted by atomic mass is 16.6. The molecule has 5 nitrogen and oxygen atoms in total. The second kappa shape index (κ2) is 9.36. The van der Waals surface area contributed by atoms with Gasteiger partial charge in [-0.2, -0.15) is 0 Å². The second-order valence-corrected chi connectivity index (χ2v) is 7.56. The largest absolute Gasteiger partial charge is 0.444 e. The Morgan fingerprint density at radius 1 is 1.36 bits per heavy atom. The van der Waals surface area contributed by atoms with E-state index >= 15 is 0 Å². The Bertz CT molecular complexity index is 328. The van der Waals surface area contributed by atoms with E-state index in [1.807, 2.05) is 20.8 Å². The van der Waals surface area contributed by atoms with Crippen LogP contribution in [0.25, 0.3) is 0 Å². The zero-order valence-electron chi connectivity index (χ0n) is 14.7. The molecule has 1 rings (SSSR count). The van der Waals surface area contributed by atoms with Gasteiger partial charge in [-0.15, -0.1) is 0 Å². The Morgan fingerprint density at radius 2 is 2.09 bits per heavy atom. The Morgan fingerprint density at radius 3 is 2.73 bits per heavy atom. The molecule has 0 aromatic rings. The molecule has 1 aliphatic carbocycles. The van der Waals surface area contributed by atoms with Crippen LogP contribution in [0.4, 0.5) is 4.79 Å². The Hall–Kier alpha value is -0.810. The van der Waals surface area contributed by atoms with Gasteiger partial charge in [0.05, 0.1) is 0 Å². The first-order valence-electron chi connectivity index (χ1n) is 8.63. The van der Waals surface area contributed by atoms with E-state index in [2.05, 4.69) is 17.6 Å². The second-order valence-electron chi connectivity index (χ2n) is 7.56. The third-order valence-electron chi connectivity index (χ3n) is 4.16. The zero-order valence-corrected chi connectivity index (χ0v) is 14.7. The van der Waals surface area contributed by atoms with Gasteiger partial charge in [0.1, 0.15) is 5.60 Å². The van der Waals surface area contributed by atoms with Crippen LogP contribution in [0.2, 0.25) is 0 Å². The topological polar surface area (TPSA) is 70.6 Å². The summed E-state index contributed by atoms with van der Waals surface area (Å²) in [7, 11) is 0. The van der Waals surface area contributed by atoms with Crippen molar-refractivity contribution in [3.8, 4) is 0 Å². The number of carbonyl (C=O) groups excluding carboxylic acids is 1. The van der Waals surface area contributed by atoms with Crippen LogP contribution < -0.4 is 10.6 Å². The minimum Gasteiger partial charge on any atom is -0.444 e. The molecular weight excluding hydrogens is 280 g/mol. The number of hydrogen-bond acceptors (Lipinski definition) is 4. The van der Waals surface area contributed by atoms with E-state index in [1.54, 1.807) is 0 Å². The highest BCUT2D eigenvalue weighted by Gasteiger charge is 2.27. The Kier molecular flexibility index (Phi) is 8.18. The van der Waals surface area contributed by atoms with E-state index in [-0.39, 0.29) is 12.7 Å². The molecule has 3 atom stereocenters. The number of aliphatic hydroxyl groups is 1. The van der Waals surface area contributed by atoms with Gasteiger partial charge in [0.25, 0.3) is 0 Å². The molecule has 5 heteroatoms. The predicted octanol–water partition coefficient (Wildman–Crippen LogP) is 2.68. The maximum atomic E-state index is 11.7. The first-order chi connectivity index (χ1) is 10.3. The van der Waals surface area contributed by atoms with Gasteiger partial charge in [0, 0.05) is 19.2 Å². The van der Waals surface area contributed by atoms with Crippen LogP contribution in [0.1, 0.15) is 59.8 Å². The zero-order chi connectivity index (χ0) is 16.6. The summed E-state index contributed by atoms with van der Waals surface area (Å²) in [5.74, 6) is 0.873. The lowest BCUT2D eigenvalue weighted by atomic mass is 10.0. The third kappa shape index (κ3) is 7.99. The van der Waals surface area contributed by atoms with Gasteiger partial charge in [-0.25, -0.2) is 4.79 Å². The molecule has 1 saturated carbocycles. The van der Waals surface area contributed by atoms with E-state index in [0.717, 1.165) is 25.8 Å². The molecule has 3 N–H and O–H groups in total. The van der Waals surface area contributed by atoms with Crippen LogP contribution in [0.5, 0.6) is 0 Å². The summed E-state index contributed by atoms with van der Waals surface area (Å²) in [5, 5.41) is 15.5. The third-order valence-corrected chi connectivity index (χ3v) is 4.16. The summed E-state index contributed by atoms with van der Waals surface area (Å²) in [6.07, 6.45) is 5.36. The first-order valence-corrected chi connectivity index (χ1v) is 8.63. The summed E-state index contributed by atoms with van der Waals surface area (Å²) in [6.45, 7) is 9.63. The summed E-state index contributed by atoms with van der Waals surface area (Å²) < 4.78 is 5.28. The van der Waals surface area contributed by atoms with Crippen LogP contribution in [-0.4, -0.2) is 42.5 Å². The maximum absolute atomic E-state index is 11.7. The molecule has 22 heavy (non-hydrogen) atoms. The lowest BCUT2D eigenvalue weighted by Crippen LogP contribution is -2.41. The van der Waals surface area contributed by atoms with Crippen molar-refractivity contribution in [2.24, 2.45) is 11.8 Å². The van der Waals surface area contributed by atoms with E-state index in [0.29, 0.717) is 24.4 Å². The number of alkyl carbamates (subject to hydrolysis) is 1. The maximum Gasteiger partial charge on any atom is 0.407 e. The summed E-state index contributed by atoms with van der Waals surface area (Å²) in [5.41, 5.74) is -0.444. The van der Waals surface area contributed by atoms with Crippen LogP contribution in [-0.2, 0) is 4.74 Å². The van der Waals surface area contributed by atoms with Gasteiger partial charge >= 0.3 is 6.09 Å². The van der Waals surface area contributed by atoms with Gasteiger partial charge in [-0.1, -0.05) is 13.3 Å². The van der Waals surface area contributed by atoms with Crippen molar-refractivity contribution < 1.29 is 14.6 Å². The van der Waals surface area contributed by atoms with Gasteiger partial charge in [-0.05, 0) is 64.8 Å². The van der Waals surface area contributed by atoms with Crippen LogP contribution >= 0.6 is 0 Å². The molecule has 0 spiro atoms. The molecule has 0 heterocycles. The monoisotopic (exact) mass is 314 g/mol. The molecule has 0 bridgehead atoms. The van der Waals surface area contributed by atoms with Crippen molar-refractivity contribution in [1.82, 2.24) is 10.6 Å². The minimum atomic E-state index is -0.444. The quantitative estimate of drug-likeness (QED) is 0.602. The van der Waals surface area contributed by atoms with Crippen molar-refractivity contribution >= 4 is 6.09 Å². The molecule has 1 amide bonds. The number of ether oxygens (including phenoxy) is 1. The molecule has 0 saturated heterocycles. The van der Waals surface area contributed by atoms with Crippen LogP contribution in [0, 0.1) is 11.8 Å². The van der Waals surface area contributed by atoms with Crippen LogP contribution in [0.3, 0.4) is 0 Å². The number of hydrogen-bond donors (Lipinski definition) is 3. The molecule has 0 radical (unpaired) electrons. The van der Waals surface area contributed by atoms with Crippen molar-refractivity contribution in [2.45, 2.75) is 71.4 Å². The van der Waals surface area contributed by atoms with Crippen molar-refractivity contribution in [3.63, 3.8) is 0 Å². The Labute approximate surface area is 135 Å². The minimum absolute atomic E-state index is 0.270. The highest BCUT2D eigenvalue weighted by molar-refractivity contribution is 5.67. The lowest BCUT2D eigenvalue weighted by Gasteiger charge is -2.24. The summed E-state index contributed by atoms with van der Waals surface area (Å²) in [6, 6.07) is 0.486. The number of nitrogens with one attached hydrogen (secondary N) is 2. The molecule has 0 aliphatic heterocycles. The van der Waals surface area contributed by atoms with Gasteiger partial charge < -0.3 is 20.5 Å². The molecule has 130 valence electrons. The van der Waals surface area contributed by atoms with E-state index in [1.165, 1.54) is 12.8 Å². The van der Waals surface area contributed by atoms with E-state index in [4.69, 9.17) is 9.84 Å². The SMILES string of the molecule is CC(CO)CCCNC1CCCC1CNC(=O)OC(C)(C)C. The van der Waals surface area contributed by atoms with Crippen molar-refractivity contribution in [3.05, 3.63) is 0 Å². The number of rotatable bonds is 8. The fraction of sp³-hybridized carbons (Fsp3) is 0.941. The van der Waals surface area contributed by atoms with Crippen molar-refractivity contribution in [1.29, 1.82) is 0 Å². The summed E-state index contributed by atoms with van der Waals surface area (Å²) >= 11 is 0. The number of carbonyl (C=O) groups is 1. The van der Waals surface area contributed by atoms with Gasteiger partial charge in [0.2, 0.25) is 0 Å². The van der Waals surface area contributed by atoms with Gasteiger partial charge in [-0.3, -0.25) is 0 Å². The van der Waals surface area contributed by atoms with Gasteiger partial charge in [0.15, 0.2) is 0 Å². The Balaban J connectivity index is 2.21. The lowest BCUT2D eigenvalue weighted by molar-refractivity contribution is 0.0517. The molecule has 1 fully saturated rings. The number of amides is 1. The average Bonchev–Trinajstić information content (AvgIpc) is 2.86. The molecule has 0 aromatic carbocycles. The molecule has 1 aliphatic rings. The van der Waals surface area contributed by atoms with E-state index in [9.17, 15) is 4.79 Å².